The van der Waals surface area contributed by atoms with E-state index in [2.05, 4.69) is 0 Å². The van der Waals surface area contributed by atoms with Gasteiger partial charge in [-0.05, 0) is 0 Å². The Bertz CT molecular complexity index is 319. The Morgan fingerprint density at radius 3 is 2.29 bits per heavy atom. The Morgan fingerprint density at radius 2 is 2.00 bits per heavy atom. The summed E-state index contributed by atoms with van der Waals surface area (Å²) in [5.41, 5.74) is 0. The van der Waals surface area contributed by atoms with Gasteiger partial charge in [0.15, 0.2) is 0 Å². The fourth-order valence-electron chi connectivity index (χ4n) is 1.05. The molecule has 7 heteroatoms. The molecule has 0 rings (SSSR count). The van der Waals surface area contributed by atoms with Crippen LogP contribution in [0.3, 0.4) is 0 Å². The van der Waals surface area contributed by atoms with Gasteiger partial charge in [0.25, 0.3) is 0 Å². The van der Waals surface area contributed by atoms with Crippen LogP contribution in [-0.4, -0.2) is 40.7 Å². The summed E-state index contributed by atoms with van der Waals surface area (Å²) in [5, 5.41) is 0. The lowest BCUT2D eigenvalue weighted by atomic mass is 10.1. The fourth-order valence-corrected chi connectivity index (χ4v) is 2.87. The molecule has 0 saturated heterocycles. The molecule has 14 heavy (non-hydrogen) atoms. The monoisotopic (exact) mass is 241 g/mol. The second-order valence-corrected chi connectivity index (χ2v) is 6.21. The molecule has 0 fully saturated rings. The van der Waals surface area contributed by atoms with Gasteiger partial charge in [0.2, 0.25) is 0 Å². The van der Waals surface area contributed by atoms with Crippen molar-refractivity contribution < 1.29 is 22.0 Å². The third-order valence-corrected chi connectivity index (χ3v) is 3.33. The molecule has 0 amide bonds. The highest BCUT2D eigenvalue weighted by molar-refractivity contribution is 7.90. The van der Waals surface area contributed by atoms with E-state index in [-0.39, 0.29) is 12.2 Å². The Balaban J connectivity index is 4.56. The van der Waals surface area contributed by atoms with Crippen LogP contribution in [0.5, 0.6) is 0 Å². The standard InChI is InChI=1S/C7H14O5S2/c1-3-7(8)6(4-13(9)10)5-14(2,11)12/h6H,3-5H2,1-2H3,(H,9,10)/p-1. The summed E-state index contributed by atoms with van der Waals surface area (Å²) in [7, 11) is -3.32. The molecule has 0 aromatic rings. The molecule has 2 unspecified atom stereocenters. The first-order valence-corrected chi connectivity index (χ1v) is 7.33. The summed E-state index contributed by atoms with van der Waals surface area (Å²) in [6.07, 6.45) is 1.13. The Kier molecular flexibility index (Phi) is 5.46. The smallest absolute Gasteiger partial charge is 0.148 e. The molecule has 0 aliphatic heterocycles. The summed E-state index contributed by atoms with van der Waals surface area (Å²) in [6.45, 7) is 1.57. The van der Waals surface area contributed by atoms with Crippen molar-refractivity contribution in [1.29, 1.82) is 0 Å². The van der Waals surface area contributed by atoms with Crippen molar-refractivity contribution in [2.45, 2.75) is 13.3 Å². The summed E-state index contributed by atoms with van der Waals surface area (Å²) < 4.78 is 42.5. The van der Waals surface area contributed by atoms with Crippen molar-refractivity contribution in [3.63, 3.8) is 0 Å². The summed E-state index contributed by atoms with van der Waals surface area (Å²) in [4.78, 5) is 11.2. The van der Waals surface area contributed by atoms with Gasteiger partial charge in [0.1, 0.15) is 15.6 Å². The Morgan fingerprint density at radius 1 is 1.50 bits per heavy atom. The maximum Gasteiger partial charge on any atom is 0.148 e. The lowest BCUT2D eigenvalue weighted by Gasteiger charge is -2.15. The number of rotatable bonds is 6. The maximum absolute atomic E-state index is 11.2. The van der Waals surface area contributed by atoms with Gasteiger partial charge in [0, 0.05) is 24.3 Å². The van der Waals surface area contributed by atoms with Gasteiger partial charge in [-0.15, -0.1) is 0 Å². The number of carbonyl (C=O) groups is 1. The van der Waals surface area contributed by atoms with Crippen molar-refractivity contribution in [2.24, 2.45) is 5.92 Å². The van der Waals surface area contributed by atoms with E-state index in [1.165, 1.54) is 0 Å². The fraction of sp³-hybridized carbons (Fsp3) is 0.857. The predicted octanol–water partition coefficient (Wildman–Crippen LogP) is -0.495. The quantitative estimate of drug-likeness (QED) is 0.585. The van der Waals surface area contributed by atoms with Crippen LogP contribution in [0, 0.1) is 5.92 Å². The third kappa shape index (κ3) is 6.22. The summed E-state index contributed by atoms with van der Waals surface area (Å²) in [6, 6.07) is 0. The van der Waals surface area contributed by atoms with Crippen LogP contribution < -0.4 is 0 Å². The average Bonchev–Trinajstić information content (AvgIpc) is 1.98. The first kappa shape index (κ1) is 13.7. The van der Waals surface area contributed by atoms with Gasteiger partial charge in [-0.25, -0.2) is 8.42 Å². The molecule has 2 atom stereocenters. The van der Waals surface area contributed by atoms with Crippen molar-refractivity contribution in [2.75, 3.05) is 17.8 Å². The minimum atomic E-state index is -3.32. The molecule has 0 radical (unpaired) electrons. The SMILES string of the molecule is CCC(=O)C(CS(=O)[O-])CS(C)(=O)=O. The second-order valence-electron chi connectivity index (χ2n) is 3.08. The van der Waals surface area contributed by atoms with Crippen molar-refractivity contribution in [3.05, 3.63) is 0 Å². The zero-order chi connectivity index (χ0) is 11.4. The van der Waals surface area contributed by atoms with Gasteiger partial charge < -0.3 is 4.55 Å². The van der Waals surface area contributed by atoms with Gasteiger partial charge in [-0.1, -0.05) is 18.0 Å². The first-order chi connectivity index (χ1) is 6.26. The lowest BCUT2D eigenvalue weighted by molar-refractivity contribution is -0.121. The number of ketones is 1. The zero-order valence-electron chi connectivity index (χ0n) is 8.06. The van der Waals surface area contributed by atoms with Crippen LogP contribution >= 0.6 is 0 Å². The number of carbonyl (C=O) groups excluding carboxylic acids is 1. The number of Topliss-reactive ketones (excluding diaryl/α,β-unsaturated/α-hetero) is 1. The van der Waals surface area contributed by atoms with E-state index in [4.69, 9.17) is 0 Å². The van der Waals surface area contributed by atoms with Gasteiger partial charge in [-0.2, -0.15) is 0 Å². The predicted molar refractivity (Wildman–Crippen MR) is 52.3 cm³/mol. The lowest BCUT2D eigenvalue weighted by Crippen LogP contribution is -2.28. The maximum atomic E-state index is 11.2. The van der Waals surface area contributed by atoms with Crippen LogP contribution in [0.4, 0.5) is 0 Å². The Labute approximate surface area is 86.1 Å². The number of hydrogen-bond acceptors (Lipinski definition) is 5. The van der Waals surface area contributed by atoms with E-state index in [9.17, 15) is 22.0 Å². The minimum absolute atomic E-state index is 0.150. The highest BCUT2D eigenvalue weighted by Crippen LogP contribution is 2.07. The molecular formula is C7H13O5S2-. The molecule has 0 bridgehead atoms. The molecule has 0 N–H and O–H groups in total. The average molecular weight is 241 g/mol. The normalized spacial score (nSPS) is 16.2. The highest BCUT2D eigenvalue weighted by Gasteiger charge is 2.21. The van der Waals surface area contributed by atoms with Crippen LogP contribution in [0.25, 0.3) is 0 Å². The van der Waals surface area contributed by atoms with E-state index < -0.39 is 38.3 Å². The first-order valence-electron chi connectivity index (χ1n) is 4.02. The van der Waals surface area contributed by atoms with E-state index in [0.29, 0.717) is 0 Å². The Hall–Kier alpha value is -0.270. The van der Waals surface area contributed by atoms with Crippen molar-refractivity contribution >= 4 is 26.7 Å². The van der Waals surface area contributed by atoms with Crippen LogP contribution in [0.15, 0.2) is 0 Å². The van der Waals surface area contributed by atoms with E-state index in [0.717, 1.165) is 6.26 Å². The largest absolute Gasteiger partial charge is 0.772 e. The van der Waals surface area contributed by atoms with E-state index in [1.54, 1.807) is 6.92 Å². The molecule has 0 heterocycles. The van der Waals surface area contributed by atoms with E-state index >= 15 is 0 Å². The molecule has 0 aliphatic carbocycles. The summed E-state index contributed by atoms with van der Waals surface area (Å²) >= 11 is -2.39. The van der Waals surface area contributed by atoms with Crippen LogP contribution in [0.1, 0.15) is 13.3 Å². The van der Waals surface area contributed by atoms with Gasteiger partial charge in [-0.3, -0.25) is 9.00 Å². The van der Waals surface area contributed by atoms with Crippen molar-refractivity contribution in [3.8, 4) is 0 Å². The molecule has 0 aliphatic rings. The van der Waals surface area contributed by atoms with Crippen LogP contribution in [-0.2, 0) is 25.7 Å². The molecule has 5 nitrogen and oxygen atoms in total. The third-order valence-electron chi connectivity index (χ3n) is 1.65. The number of sulfone groups is 1. The molecular weight excluding hydrogens is 228 g/mol. The van der Waals surface area contributed by atoms with Crippen molar-refractivity contribution in [1.82, 2.24) is 0 Å². The van der Waals surface area contributed by atoms with Gasteiger partial charge in [0.05, 0.1) is 5.75 Å². The second kappa shape index (κ2) is 5.57. The minimum Gasteiger partial charge on any atom is -0.772 e. The van der Waals surface area contributed by atoms with E-state index in [1.807, 2.05) is 0 Å². The number of hydrogen-bond donors (Lipinski definition) is 0. The summed E-state index contributed by atoms with van der Waals surface area (Å²) in [5.74, 6) is -2.07. The highest BCUT2D eigenvalue weighted by atomic mass is 32.2. The van der Waals surface area contributed by atoms with Gasteiger partial charge >= 0.3 is 0 Å². The zero-order valence-corrected chi connectivity index (χ0v) is 9.69. The molecule has 0 saturated carbocycles. The molecule has 0 spiro atoms. The topological polar surface area (TPSA) is 91.3 Å². The molecule has 0 aromatic heterocycles. The molecule has 84 valence electrons. The molecule has 0 aromatic carbocycles. The van der Waals surface area contributed by atoms with Crippen LogP contribution in [0.2, 0.25) is 0 Å².